The second-order valence-electron chi connectivity index (χ2n) is 5.38. The Balaban J connectivity index is 2.26. The molecule has 1 atom stereocenters. The number of benzene rings is 2. The zero-order valence-electron chi connectivity index (χ0n) is 13.9. The quantitative estimate of drug-likeness (QED) is 0.601. The van der Waals surface area contributed by atoms with Gasteiger partial charge in [0.1, 0.15) is 17.3 Å². The summed E-state index contributed by atoms with van der Waals surface area (Å²) in [5, 5.41) is 4.72. The average molecular weight is 406 g/mol. The van der Waals surface area contributed by atoms with Crippen molar-refractivity contribution >= 4 is 15.5 Å². The highest BCUT2D eigenvalue weighted by Gasteiger charge is 2.61. The lowest BCUT2D eigenvalue weighted by molar-refractivity contribution is -0.0391. The Kier molecular flexibility index (Phi) is 4.05. The van der Waals surface area contributed by atoms with Crippen molar-refractivity contribution in [2.75, 3.05) is 0 Å². The number of aliphatic hydroxyl groups is 1. The largest absolute Gasteiger partial charge is 0.458 e. The van der Waals surface area contributed by atoms with Gasteiger partial charge in [-0.05, 0) is 24.3 Å². The first-order valence-corrected chi connectivity index (χ1v) is 8.49. The van der Waals surface area contributed by atoms with Crippen LogP contribution in [0.25, 0.3) is 4.85 Å². The number of nitrogens with zero attached hydrogens (tertiary/aromatic N) is 1. The van der Waals surface area contributed by atoms with Gasteiger partial charge in [-0.15, -0.1) is 0 Å². The fourth-order valence-corrected chi connectivity index (χ4v) is 3.92. The number of alkyl halides is 4. The molecule has 0 aromatic heterocycles. The standard InChI is InChI=1S/C16H8F5NO4S/c1-22-8-4-7(17)5-9(6-8)26-10-2-3-11-13(12(10)15(18)19)14(23)16(20,21)27(11,24)25/h2-6,14-15,23H/t14-/m1/s1/i14D. The van der Waals surface area contributed by atoms with E-state index in [1.807, 2.05) is 0 Å². The molecular weight excluding hydrogens is 397 g/mol. The molecule has 5 nitrogen and oxygen atoms in total. The molecule has 2 aromatic rings. The Morgan fingerprint density at radius 3 is 2.56 bits per heavy atom. The van der Waals surface area contributed by atoms with Gasteiger partial charge < -0.3 is 9.84 Å². The molecule has 27 heavy (non-hydrogen) atoms. The highest BCUT2D eigenvalue weighted by molar-refractivity contribution is 7.92. The van der Waals surface area contributed by atoms with Gasteiger partial charge in [0.15, 0.2) is 11.8 Å². The maximum Gasteiger partial charge on any atom is 0.379 e. The number of rotatable bonds is 3. The van der Waals surface area contributed by atoms with Crippen molar-refractivity contribution in [1.82, 2.24) is 0 Å². The Labute approximate surface area is 150 Å². The average Bonchev–Trinajstić information content (AvgIpc) is 2.69. The summed E-state index contributed by atoms with van der Waals surface area (Å²) in [6.45, 7) is 6.84. The van der Waals surface area contributed by atoms with E-state index in [0.29, 0.717) is 12.1 Å². The minimum atomic E-state index is -5.61. The fourth-order valence-electron chi connectivity index (χ4n) is 2.56. The van der Waals surface area contributed by atoms with Crippen molar-refractivity contribution < 1.29 is 41.6 Å². The van der Waals surface area contributed by atoms with Crippen LogP contribution in [-0.4, -0.2) is 18.8 Å². The summed E-state index contributed by atoms with van der Waals surface area (Å²) in [5.74, 6) is -2.28. The molecule has 0 amide bonds. The third-order valence-corrected chi connectivity index (χ3v) is 5.53. The molecule has 0 bridgehead atoms. The van der Waals surface area contributed by atoms with Gasteiger partial charge in [-0.25, -0.2) is 26.4 Å². The molecular formula is C16H8F5NO4S. The lowest BCUT2D eigenvalue weighted by Crippen LogP contribution is -2.28. The lowest BCUT2D eigenvalue weighted by Gasteiger charge is -2.17. The number of fused-ring (bicyclic) bond motifs is 1. The van der Waals surface area contributed by atoms with Crippen molar-refractivity contribution in [3.8, 4) is 11.5 Å². The van der Waals surface area contributed by atoms with Crippen LogP contribution < -0.4 is 4.74 Å². The van der Waals surface area contributed by atoms with Gasteiger partial charge in [0, 0.05) is 11.6 Å². The topological polar surface area (TPSA) is 68.0 Å². The number of halogens is 5. The molecule has 1 aliphatic rings. The zero-order valence-corrected chi connectivity index (χ0v) is 13.7. The Morgan fingerprint density at radius 1 is 1.30 bits per heavy atom. The highest BCUT2D eigenvalue weighted by Crippen LogP contribution is 2.53. The number of hydrogen-bond acceptors (Lipinski definition) is 4. The van der Waals surface area contributed by atoms with E-state index in [2.05, 4.69) is 4.85 Å². The van der Waals surface area contributed by atoms with Crippen LogP contribution in [0.2, 0.25) is 0 Å². The van der Waals surface area contributed by atoms with E-state index in [1.54, 1.807) is 0 Å². The van der Waals surface area contributed by atoms with Gasteiger partial charge >= 0.3 is 5.25 Å². The molecule has 3 rings (SSSR count). The van der Waals surface area contributed by atoms with Gasteiger partial charge in [-0.1, -0.05) is 0 Å². The summed E-state index contributed by atoms with van der Waals surface area (Å²) >= 11 is 0. The van der Waals surface area contributed by atoms with E-state index in [1.165, 1.54) is 0 Å². The summed E-state index contributed by atoms with van der Waals surface area (Å²) < 4.78 is 105. The van der Waals surface area contributed by atoms with E-state index < -0.39 is 60.9 Å². The first-order valence-electron chi connectivity index (χ1n) is 7.51. The molecule has 2 aromatic carbocycles. The summed E-state index contributed by atoms with van der Waals surface area (Å²) in [6.07, 6.45) is -7.82. The smallest absolute Gasteiger partial charge is 0.379 e. The predicted octanol–water partition coefficient (Wildman–Crippen LogP) is 4.52. The number of hydrogen-bond donors (Lipinski definition) is 1. The van der Waals surface area contributed by atoms with E-state index in [9.17, 15) is 35.5 Å². The molecule has 0 aliphatic carbocycles. The van der Waals surface area contributed by atoms with Crippen molar-refractivity contribution in [2.24, 2.45) is 0 Å². The number of sulfone groups is 1. The van der Waals surface area contributed by atoms with E-state index >= 15 is 0 Å². The predicted molar refractivity (Wildman–Crippen MR) is 81.2 cm³/mol. The van der Waals surface area contributed by atoms with Gasteiger partial charge in [-0.3, -0.25) is 0 Å². The molecule has 1 heterocycles. The Hall–Kier alpha value is -2.71. The van der Waals surface area contributed by atoms with E-state index in [-0.39, 0.29) is 5.69 Å². The molecule has 0 saturated heterocycles. The lowest BCUT2D eigenvalue weighted by atomic mass is 10.0. The van der Waals surface area contributed by atoms with Crippen LogP contribution in [-0.2, 0) is 9.84 Å². The molecule has 0 saturated carbocycles. The third-order valence-electron chi connectivity index (χ3n) is 3.74. The summed E-state index contributed by atoms with van der Waals surface area (Å²) in [4.78, 5) is 1.61. The van der Waals surface area contributed by atoms with Crippen LogP contribution in [0.4, 0.5) is 27.6 Å². The van der Waals surface area contributed by atoms with Crippen LogP contribution in [0.5, 0.6) is 11.5 Å². The molecule has 1 N–H and O–H groups in total. The second kappa shape index (κ2) is 6.17. The molecule has 0 fully saturated rings. The minimum absolute atomic E-state index is 0.249. The minimum Gasteiger partial charge on any atom is -0.458 e. The van der Waals surface area contributed by atoms with Crippen molar-refractivity contribution in [1.29, 1.82) is 0 Å². The molecule has 1 aliphatic heterocycles. The van der Waals surface area contributed by atoms with Gasteiger partial charge in [-0.2, -0.15) is 8.78 Å². The third kappa shape index (κ3) is 2.81. The zero-order chi connectivity index (χ0) is 21.1. The van der Waals surface area contributed by atoms with E-state index in [4.69, 9.17) is 12.7 Å². The maximum absolute atomic E-state index is 14.1. The van der Waals surface area contributed by atoms with Gasteiger partial charge in [0.25, 0.3) is 6.43 Å². The summed E-state index contributed by atoms with van der Waals surface area (Å²) in [6, 6.07) is 3.62. The van der Waals surface area contributed by atoms with Crippen molar-refractivity contribution in [3.63, 3.8) is 0 Å². The molecule has 0 unspecified atom stereocenters. The summed E-state index contributed by atoms with van der Waals surface area (Å²) in [7, 11) is -5.61. The summed E-state index contributed by atoms with van der Waals surface area (Å²) in [5.41, 5.74) is -3.22. The SMILES string of the molecule is [2H][C@@]1(O)c2c(ccc(Oc3cc(F)cc([N+]#[C-])c3)c2C(F)F)S(=O)(=O)C1(F)F. The molecule has 142 valence electrons. The Morgan fingerprint density at radius 2 is 1.96 bits per heavy atom. The second-order valence-corrected chi connectivity index (χ2v) is 7.34. The normalized spacial score (nSPS) is 22.8. The first kappa shape index (κ1) is 17.7. The van der Waals surface area contributed by atoms with Crippen LogP contribution in [0.1, 0.15) is 25.0 Å². The van der Waals surface area contributed by atoms with Crippen LogP contribution >= 0.6 is 0 Å². The Bertz CT molecular complexity index is 1130. The van der Waals surface area contributed by atoms with E-state index in [0.717, 1.165) is 18.2 Å². The monoisotopic (exact) mass is 406 g/mol. The highest BCUT2D eigenvalue weighted by atomic mass is 32.2. The number of ether oxygens (including phenoxy) is 1. The van der Waals surface area contributed by atoms with Crippen LogP contribution in [0.15, 0.2) is 35.2 Å². The van der Waals surface area contributed by atoms with Gasteiger partial charge in [0.05, 0.1) is 18.4 Å². The molecule has 11 heteroatoms. The van der Waals surface area contributed by atoms with Crippen molar-refractivity contribution in [3.05, 3.63) is 58.7 Å². The molecule has 0 spiro atoms. The maximum atomic E-state index is 14.1. The van der Waals surface area contributed by atoms with Gasteiger partial charge in [0.2, 0.25) is 9.84 Å². The van der Waals surface area contributed by atoms with Crippen molar-refractivity contribution in [2.45, 2.75) is 22.7 Å². The van der Waals surface area contributed by atoms with Crippen LogP contribution in [0.3, 0.4) is 0 Å². The molecule has 0 radical (unpaired) electrons. The first-order chi connectivity index (χ1) is 12.8. The van der Waals surface area contributed by atoms with Crippen LogP contribution in [0, 0.1) is 12.4 Å². The fraction of sp³-hybridized carbons (Fsp3) is 0.188.